The first-order valence-corrected chi connectivity index (χ1v) is 17.8. The van der Waals surface area contributed by atoms with Crippen LogP contribution in [-0.2, 0) is 22.6 Å². The maximum Gasteiger partial charge on any atom is 0.356 e. The van der Waals surface area contributed by atoms with Crippen molar-refractivity contribution in [3.63, 3.8) is 0 Å². The molecule has 6 aliphatic rings. The highest BCUT2D eigenvalue weighted by Crippen LogP contribution is 2.56. The summed E-state index contributed by atoms with van der Waals surface area (Å²) in [5, 5.41) is 34.9. The van der Waals surface area contributed by atoms with Gasteiger partial charge in [0.05, 0.1) is 6.54 Å². The van der Waals surface area contributed by atoms with Crippen molar-refractivity contribution in [3.8, 4) is 0 Å². The Morgan fingerprint density at radius 2 is 1.32 bits per heavy atom. The predicted molar refractivity (Wildman–Crippen MR) is 189 cm³/mol. The Morgan fingerprint density at radius 3 is 1.89 bits per heavy atom. The summed E-state index contributed by atoms with van der Waals surface area (Å²) in [6.07, 6.45) is 13.2. The van der Waals surface area contributed by atoms with Gasteiger partial charge in [-0.15, -0.1) is 8.97 Å². The van der Waals surface area contributed by atoms with E-state index in [1.165, 1.54) is 0 Å². The van der Waals surface area contributed by atoms with Crippen molar-refractivity contribution in [2.45, 2.75) is 50.2 Å². The first-order chi connectivity index (χ1) is 25.7. The summed E-state index contributed by atoms with van der Waals surface area (Å²) in [5.41, 5.74) is 2.23. The van der Waals surface area contributed by atoms with Gasteiger partial charge in [0.15, 0.2) is 28.3 Å². The summed E-state index contributed by atoms with van der Waals surface area (Å²) in [4.78, 5) is 59.0. The monoisotopic (exact) mass is 709 g/mol. The van der Waals surface area contributed by atoms with Gasteiger partial charge < -0.3 is 29.6 Å². The van der Waals surface area contributed by atoms with Crippen LogP contribution in [0.1, 0.15) is 36.8 Å². The first-order valence-electron chi connectivity index (χ1n) is 17.8. The standard InChI is InChI=1S/C40H35N7O6/c48-36(33-13-7-23-43(33)38(50)51)47(31-18-19-32(47)21-20-31)35-34(41-42-45(35)26-28-11-5-2-6-12-28)46(29-14-15-30(46)17-16-29)37(49)40(22-8-24-44(40)39(52)53)25-27-9-3-1-4-10-27/h1-6,9-12,14-21,33H,7-8,13,22-26H2/t33-,40-/m0/s1. The van der Waals surface area contributed by atoms with Gasteiger partial charge >= 0.3 is 23.5 Å². The van der Waals surface area contributed by atoms with E-state index < -0.39 is 44.5 Å². The van der Waals surface area contributed by atoms with Crippen LogP contribution in [0.15, 0.2) is 132 Å². The van der Waals surface area contributed by atoms with Gasteiger partial charge in [-0.3, -0.25) is 0 Å². The molecule has 4 bridgehead atoms. The number of allylic oxidation sites excluding steroid dienone is 8. The normalized spacial score (nSPS) is 24.0. The van der Waals surface area contributed by atoms with Crippen molar-refractivity contribution in [3.05, 3.63) is 143 Å². The van der Waals surface area contributed by atoms with E-state index in [9.17, 15) is 19.8 Å². The quantitative estimate of drug-likeness (QED) is 0.324. The third kappa shape index (κ3) is 4.44. The number of carboxylic acid groups (broad SMARTS) is 2. The van der Waals surface area contributed by atoms with Crippen molar-refractivity contribution in [2.75, 3.05) is 13.1 Å². The second-order valence-corrected chi connectivity index (χ2v) is 14.2. The molecule has 0 saturated carbocycles. The molecule has 2 fully saturated rings. The molecule has 53 heavy (non-hydrogen) atoms. The minimum absolute atomic E-state index is 0.0914. The zero-order chi connectivity index (χ0) is 36.5. The number of quaternary nitrogens is 2. The molecular formula is C40H35N7O6. The Bertz CT molecular complexity index is 2240. The van der Waals surface area contributed by atoms with E-state index in [1.807, 2.05) is 109 Å². The van der Waals surface area contributed by atoms with Gasteiger partial charge in [-0.05, 0) is 36.8 Å². The number of benzene rings is 2. The number of nitrogens with zero attached hydrogens (tertiary/aromatic N) is 7. The zero-order valence-electron chi connectivity index (χ0n) is 28.7. The van der Waals surface area contributed by atoms with Gasteiger partial charge in [-0.2, -0.15) is 4.68 Å². The lowest BCUT2D eigenvalue weighted by molar-refractivity contribution is -0.269. The maximum atomic E-state index is 16.1. The van der Waals surface area contributed by atoms with Crippen LogP contribution in [0.5, 0.6) is 0 Å². The molecule has 0 unspecified atom stereocenters. The van der Waals surface area contributed by atoms with Crippen molar-refractivity contribution in [1.82, 2.24) is 33.8 Å². The molecule has 0 radical (unpaired) electrons. The smallest absolute Gasteiger partial charge is 0.356 e. The van der Waals surface area contributed by atoms with E-state index >= 15 is 9.59 Å². The largest absolute Gasteiger partial charge is 0.530 e. The number of hydrogen-bond donors (Lipinski definition) is 0. The fraction of sp³-hybridized carbons (Fsp3) is 0.250. The highest BCUT2D eigenvalue weighted by Gasteiger charge is 2.69. The Morgan fingerprint density at radius 1 is 0.736 bits per heavy atom. The van der Waals surface area contributed by atoms with Crippen molar-refractivity contribution < 1.29 is 29.4 Å². The van der Waals surface area contributed by atoms with Gasteiger partial charge in [0.1, 0.15) is 18.2 Å². The lowest BCUT2D eigenvalue weighted by Gasteiger charge is -2.43. The van der Waals surface area contributed by atoms with E-state index in [0.717, 1.165) is 20.9 Å². The summed E-state index contributed by atoms with van der Waals surface area (Å²) in [6, 6.07) is 17.8. The average Bonchev–Trinajstić information content (AvgIpc) is 4.04. The number of carbonyl (C=O) groups is 4. The molecule has 0 N–H and O–H groups in total. The summed E-state index contributed by atoms with van der Waals surface area (Å²) >= 11 is 0. The lowest BCUT2D eigenvalue weighted by Crippen LogP contribution is -2.67. The number of fused-ring (bicyclic) bond motifs is 4. The molecule has 266 valence electrons. The molecule has 7 heterocycles. The van der Waals surface area contributed by atoms with Gasteiger partial charge in [-0.25, -0.2) is 9.59 Å². The van der Waals surface area contributed by atoms with Crippen LogP contribution in [-0.4, -0.2) is 73.5 Å². The Labute approximate surface area is 304 Å². The molecule has 3 aromatic rings. The second kappa shape index (κ2) is 11.9. The molecule has 13 nitrogen and oxygen atoms in total. The molecular weight excluding hydrogens is 674 g/mol. The third-order valence-electron chi connectivity index (χ3n) is 11.6. The highest BCUT2D eigenvalue weighted by atomic mass is 16.4. The summed E-state index contributed by atoms with van der Waals surface area (Å²) in [6.45, 7) is 0.441. The Kier molecular flexibility index (Phi) is 7.37. The number of rotatable bonds is 8. The molecule has 1 aromatic heterocycles. The molecule has 9 rings (SSSR count). The molecule has 4 amide bonds. The fourth-order valence-electron chi connectivity index (χ4n) is 9.32. The number of hydrogen-bond acceptors (Lipinski definition) is 8. The highest BCUT2D eigenvalue weighted by molar-refractivity contribution is 6.09. The number of carbonyl (C=O) groups excluding carboxylic acids is 4. The first kappa shape index (κ1) is 32.7. The van der Waals surface area contributed by atoms with Crippen molar-refractivity contribution in [2.24, 2.45) is 0 Å². The van der Waals surface area contributed by atoms with E-state index in [-0.39, 0.29) is 44.1 Å². The number of aromatic nitrogens is 3. The van der Waals surface area contributed by atoms with E-state index in [1.54, 1.807) is 4.68 Å². The second-order valence-electron chi connectivity index (χ2n) is 14.2. The summed E-state index contributed by atoms with van der Waals surface area (Å²) in [5.74, 6) is -0.486. The Balaban J connectivity index is 1.31. The van der Waals surface area contributed by atoms with E-state index in [2.05, 4.69) is 0 Å². The van der Waals surface area contributed by atoms with Gasteiger partial charge in [0.25, 0.3) is 0 Å². The van der Waals surface area contributed by atoms with Crippen LogP contribution in [0.4, 0.5) is 21.2 Å². The van der Waals surface area contributed by atoms with Crippen LogP contribution < -0.4 is 19.2 Å². The van der Waals surface area contributed by atoms with E-state index in [4.69, 9.17) is 10.3 Å². The van der Waals surface area contributed by atoms with Gasteiger partial charge in [0, 0.05) is 68.1 Å². The van der Waals surface area contributed by atoms with Crippen molar-refractivity contribution in [1.29, 1.82) is 0 Å². The molecule has 2 atom stereocenters. The summed E-state index contributed by atoms with van der Waals surface area (Å²) < 4.78 is 0.471. The molecule has 13 heteroatoms. The van der Waals surface area contributed by atoms with Gasteiger partial charge in [-0.1, -0.05) is 71.0 Å². The molecule has 2 saturated heterocycles. The summed E-state index contributed by atoms with van der Waals surface area (Å²) in [7, 11) is 0. The van der Waals surface area contributed by atoms with Crippen LogP contribution in [0, 0.1) is 0 Å². The fourth-order valence-corrected chi connectivity index (χ4v) is 9.32. The topological polar surface area (TPSA) is 152 Å². The predicted octanol–water partition coefficient (Wildman–Crippen LogP) is 2.92. The zero-order valence-corrected chi connectivity index (χ0v) is 28.7. The van der Waals surface area contributed by atoms with Crippen molar-refractivity contribution >= 4 is 35.6 Å². The lowest BCUT2D eigenvalue weighted by atomic mass is 9.85. The van der Waals surface area contributed by atoms with Crippen LogP contribution >= 0.6 is 0 Å². The minimum atomic E-state index is -1.57. The van der Waals surface area contributed by atoms with Crippen LogP contribution in [0.25, 0.3) is 0 Å². The molecule has 0 spiro atoms. The maximum absolute atomic E-state index is 16.1. The third-order valence-corrected chi connectivity index (χ3v) is 11.6. The van der Waals surface area contributed by atoms with Crippen LogP contribution in [0.2, 0.25) is 0 Å². The molecule has 2 aromatic carbocycles. The molecule has 0 aliphatic carbocycles. The SMILES string of the molecule is O=C([O-])N1CCC[C@H]1C(=O)[N+]1(c2c([N+]3(C(=O)[C@@]4(Cc5ccccc5)CCCN4C(=O)[O-])C4=CC=C3C=C4)nnn2Cc2ccccc2)C2=CC=C1C=C2. The van der Waals surface area contributed by atoms with E-state index in [0.29, 0.717) is 42.1 Å². The average molecular weight is 710 g/mol. The Hall–Kier alpha value is -6.18. The van der Waals surface area contributed by atoms with Gasteiger partial charge in [0.2, 0.25) is 0 Å². The minimum Gasteiger partial charge on any atom is -0.530 e. The number of likely N-dealkylation sites (tertiary alicyclic amines) is 2. The molecule has 6 aliphatic heterocycles. The van der Waals surface area contributed by atoms with Crippen LogP contribution in [0.3, 0.4) is 0 Å². The number of amides is 4.